The van der Waals surface area contributed by atoms with Gasteiger partial charge in [0.1, 0.15) is 0 Å². The lowest BCUT2D eigenvalue weighted by Gasteiger charge is -2.22. The van der Waals surface area contributed by atoms with Crippen molar-refractivity contribution < 1.29 is 24.5 Å². The normalized spacial score (nSPS) is 12.5. The van der Waals surface area contributed by atoms with Crippen molar-refractivity contribution in [2.75, 3.05) is 13.2 Å². The number of hydrogen-bond donors (Lipinski definition) is 3. The Bertz CT molecular complexity index is 1140. The number of aliphatic hydroxyl groups excluding tert-OH is 2. The highest BCUT2D eigenvalue weighted by Crippen LogP contribution is 2.19. The Morgan fingerprint density at radius 1 is 0.355 bits per heavy atom. The molecule has 0 rings (SSSR count). The molecule has 2 atom stereocenters. The van der Waals surface area contributed by atoms with Crippen LogP contribution in [0.2, 0.25) is 0 Å². The number of unbranched alkanes of at least 4 members (excludes halogenated alkanes) is 53. The van der Waals surface area contributed by atoms with Crippen LogP contribution in [0.1, 0.15) is 399 Å². The summed E-state index contributed by atoms with van der Waals surface area (Å²) in [5.41, 5.74) is 0. The first-order valence-electron chi connectivity index (χ1n) is 34.9. The first-order chi connectivity index (χ1) is 37.5. The van der Waals surface area contributed by atoms with Gasteiger partial charge in [-0.25, -0.2) is 0 Å². The number of aliphatic hydroxyl groups is 2. The third-order valence-corrected chi connectivity index (χ3v) is 16.6. The minimum absolute atomic E-state index is 0.0190. The van der Waals surface area contributed by atoms with Gasteiger partial charge in [0.05, 0.1) is 25.4 Å². The topological polar surface area (TPSA) is 95.9 Å². The van der Waals surface area contributed by atoms with E-state index in [2.05, 4.69) is 31.3 Å². The number of amides is 1. The summed E-state index contributed by atoms with van der Waals surface area (Å²) in [6.07, 6.45) is 81.4. The maximum absolute atomic E-state index is 12.4. The van der Waals surface area contributed by atoms with Crippen molar-refractivity contribution in [3.8, 4) is 0 Å². The molecular weight excluding hydrogens is 935 g/mol. The molecule has 0 aromatic carbocycles. The molecule has 0 saturated heterocycles. The maximum atomic E-state index is 12.4. The molecular formula is C70H137NO5. The van der Waals surface area contributed by atoms with Crippen LogP contribution in [0.5, 0.6) is 0 Å². The molecule has 0 aliphatic rings. The van der Waals surface area contributed by atoms with Gasteiger partial charge in [0.25, 0.3) is 0 Å². The minimum Gasteiger partial charge on any atom is -0.466 e. The molecule has 0 bridgehead atoms. The second-order valence-electron chi connectivity index (χ2n) is 24.2. The predicted molar refractivity (Wildman–Crippen MR) is 333 cm³/mol. The van der Waals surface area contributed by atoms with Gasteiger partial charge in [0, 0.05) is 12.8 Å². The summed E-state index contributed by atoms with van der Waals surface area (Å²) in [6, 6.07) is -0.535. The number of ether oxygens (including phenoxy) is 1. The van der Waals surface area contributed by atoms with E-state index in [0.29, 0.717) is 25.9 Å². The summed E-state index contributed by atoms with van der Waals surface area (Å²) in [5, 5.41) is 23.1. The highest BCUT2D eigenvalue weighted by Gasteiger charge is 2.20. The van der Waals surface area contributed by atoms with Gasteiger partial charge in [-0.05, 0) is 51.4 Å². The Morgan fingerprint density at radius 2 is 0.618 bits per heavy atom. The fraction of sp³-hybridized carbons (Fsp3) is 0.943. The standard InChI is InChI=1S/C70H137NO5/c1-3-5-7-9-11-13-14-15-16-17-35-38-41-44-48-52-56-60-64-70(75)76-65-61-57-53-49-45-42-39-36-33-31-29-27-25-23-21-19-18-20-22-24-26-28-30-32-34-37-40-43-47-51-55-59-63-69(74)71-67(66-72)68(73)62-58-54-50-46-12-10-8-6-4-2/h16-17,67-68,72-73H,3-15,18-66H2,1-2H3,(H,71,74)/b17-16-. The first kappa shape index (κ1) is 74.6. The Morgan fingerprint density at radius 3 is 0.934 bits per heavy atom. The molecule has 1 amide bonds. The van der Waals surface area contributed by atoms with E-state index in [1.807, 2.05) is 0 Å². The van der Waals surface area contributed by atoms with E-state index in [-0.39, 0.29) is 18.5 Å². The van der Waals surface area contributed by atoms with Crippen molar-refractivity contribution in [3.05, 3.63) is 12.2 Å². The monoisotopic (exact) mass is 1070 g/mol. The number of nitrogens with one attached hydrogen (secondary N) is 1. The lowest BCUT2D eigenvalue weighted by Crippen LogP contribution is -2.45. The maximum Gasteiger partial charge on any atom is 0.305 e. The fourth-order valence-corrected chi connectivity index (χ4v) is 11.2. The molecule has 0 spiro atoms. The van der Waals surface area contributed by atoms with Crippen molar-refractivity contribution >= 4 is 11.9 Å². The molecule has 452 valence electrons. The van der Waals surface area contributed by atoms with Crippen LogP contribution in [0.4, 0.5) is 0 Å². The molecule has 0 aromatic rings. The van der Waals surface area contributed by atoms with E-state index >= 15 is 0 Å². The van der Waals surface area contributed by atoms with E-state index in [4.69, 9.17) is 4.74 Å². The van der Waals surface area contributed by atoms with Crippen LogP contribution in [-0.4, -0.2) is 47.4 Å². The zero-order chi connectivity index (χ0) is 55.0. The number of hydrogen-bond acceptors (Lipinski definition) is 5. The zero-order valence-corrected chi connectivity index (χ0v) is 51.8. The van der Waals surface area contributed by atoms with E-state index in [9.17, 15) is 19.8 Å². The van der Waals surface area contributed by atoms with E-state index in [1.54, 1.807) is 0 Å². The van der Waals surface area contributed by atoms with Crippen molar-refractivity contribution in [2.45, 2.75) is 411 Å². The van der Waals surface area contributed by atoms with Crippen LogP contribution in [0.15, 0.2) is 12.2 Å². The van der Waals surface area contributed by atoms with Crippen molar-refractivity contribution in [1.29, 1.82) is 0 Å². The average molecular weight is 1070 g/mol. The summed E-state index contributed by atoms with van der Waals surface area (Å²) in [6.45, 7) is 4.96. The van der Waals surface area contributed by atoms with Gasteiger partial charge in [0.2, 0.25) is 5.91 Å². The molecule has 0 fully saturated rings. The van der Waals surface area contributed by atoms with E-state index in [1.165, 1.54) is 327 Å². The number of rotatable bonds is 66. The summed E-state index contributed by atoms with van der Waals surface area (Å²) >= 11 is 0. The van der Waals surface area contributed by atoms with Crippen LogP contribution in [0, 0.1) is 0 Å². The van der Waals surface area contributed by atoms with Gasteiger partial charge in [-0.1, -0.05) is 347 Å². The summed E-state index contributed by atoms with van der Waals surface area (Å²) in [5.74, 6) is -0.0118. The van der Waals surface area contributed by atoms with Gasteiger partial charge in [0.15, 0.2) is 0 Å². The Hall–Kier alpha value is -1.40. The highest BCUT2D eigenvalue weighted by atomic mass is 16.5. The Labute approximate surface area is 476 Å². The molecule has 0 aliphatic carbocycles. The third-order valence-electron chi connectivity index (χ3n) is 16.6. The molecule has 2 unspecified atom stereocenters. The second kappa shape index (κ2) is 66.1. The number of carbonyl (C=O) groups excluding carboxylic acids is 2. The molecule has 0 saturated carbocycles. The number of allylic oxidation sites excluding steroid dienone is 2. The Balaban J connectivity index is 3.27. The van der Waals surface area contributed by atoms with Crippen LogP contribution in [-0.2, 0) is 14.3 Å². The highest BCUT2D eigenvalue weighted by molar-refractivity contribution is 5.76. The molecule has 0 heterocycles. The molecule has 76 heavy (non-hydrogen) atoms. The lowest BCUT2D eigenvalue weighted by atomic mass is 10.0. The quantitative estimate of drug-likeness (QED) is 0.0320. The van der Waals surface area contributed by atoms with Crippen LogP contribution < -0.4 is 5.32 Å². The largest absolute Gasteiger partial charge is 0.466 e. The molecule has 0 aliphatic heterocycles. The van der Waals surface area contributed by atoms with Crippen LogP contribution in [0.3, 0.4) is 0 Å². The summed E-state index contributed by atoms with van der Waals surface area (Å²) in [4.78, 5) is 24.5. The van der Waals surface area contributed by atoms with Crippen LogP contribution >= 0.6 is 0 Å². The second-order valence-corrected chi connectivity index (χ2v) is 24.2. The van der Waals surface area contributed by atoms with Crippen molar-refractivity contribution in [2.24, 2.45) is 0 Å². The van der Waals surface area contributed by atoms with Gasteiger partial charge in [-0.15, -0.1) is 0 Å². The third kappa shape index (κ3) is 61.8. The lowest BCUT2D eigenvalue weighted by molar-refractivity contribution is -0.143. The molecule has 3 N–H and O–H groups in total. The minimum atomic E-state index is -0.658. The van der Waals surface area contributed by atoms with Crippen molar-refractivity contribution in [3.63, 3.8) is 0 Å². The summed E-state index contributed by atoms with van der Waals surface area (Å²) < 4.78 is 5.51. The molecule has 6 nitrogen and oxygen atoms in total. The van der Waals surface area contributed by atoms with Gasteiger partial charge >= 0.3 is 5.97 Å². The van der Waals surface area contributed by atoms with E-state index < -0.39 is 12.1 Å². The summed E-state index contributed by atoms with van der Waals surface area (Å²) in [7, 11) is 0. The smallest absolute Gasteiger partial charge is 0.305 e. The van der Waals surface area contributed by atoms with Crippen molar-refractivity contribution in [1.82, 2.24) is 5.32 Å². The molecule has 0 aromatic heterocycles. The van der Waals surface area contributed by atoms with Gasteiger partial charge in [-0.2, -0.15) is 0 Å². The number of esters is 1. The Kier molecular flexibility index (Phi) is 64.9. The van der Waals surface area contributed by atoms with E-state index in [0.717, 1.165) is 38.5 Å². The molecule has 0 radical (unpaired) electrons. The van der Waals surface area contributed by atoms with Gasteiger partial charge in [-0.3, -0.25) is 9.59 Å². The fourth-order valence-electron chi connectivity index (χ4n) is 11.2. The average Bonchev–Trinajstić information content (AvgIpc) is 3.42. The molecule has 6 heteroatoms. The first-order valence-corrected chi connectivity index (χ1v) is 34.9. The van der Waals surface area contributed by atoms with Gasteiger partial charge < -0.3 is 20.3 Å². The zero-order valence-electron chi connectivity index (χ0n) is 51.8. The SMILES string of the molecule is CCCCCCCCC/C=C\CCCCCCCCCC(=O)OCCCCCCCCCCCCCCCCCCCCCCCCCCCCCCCCCCC(=O)NC(CO)C(O)CCCCCCCCCCC. The predicted octanol–water partition coefficient (Wildman–Crippen LogP) is 22.4. The van der Waals surface area contributed by atoms with Crippen LogP contribution in [0.25, 0.3) is 0 Å². The number of carbonyl (C=O) groups is 2.